The fraction of sp³-hybridized carbons (Fsp3) is 0.107. The molecule has 6 heteroatoms. The van der Waals surface area contributed by atoms with Gasteiger partial charge in [-0.05, 0) is 59.4 Å². The number of primary amides is 1. The highest BCUT2D eigenvalue weighted by Crippen LogP contribution is 2.37. The van der Waals surface area contributed by atoms with Crippen molar-refractivity contribution in [3.63, 3.8) is 0 Å². The molecule has 5 rings (SSSR count). The Bertz CT molecular complexity index is 1410. The van der Waals surface area contributed by atoms with Crippen molar-refractivity contribution in [3.05, 3.63) is 107 Å². The largest absolute Gasteiger partial charge is 0.351 e. The van der Waals surface area contributed by atoms with Gasteiger partial charge in [-0.25, -0.2) is 9.78 Å². The van der Waals surface area contributed by atoms with Crippen LogP contribution >= 0.6 is 0 Å². The summed E-state index contributed by atoms with van der Waals surface area (Å²) in [4.78, 5) is 29.4. The second-order valence-electron chi connectivity index (χ2n) is 8.28. The van der Waals surface area contributed by atoms with E-state index in [0.717, 1.165) is 51.7 Å². The topological polar surface area (TPSA) is 97.1 Å². The van der Waals surface area contributed by atoms with Crippen molar-refractivity contribution < 1.29 is 9.59 Å². The molecule has 0 atom stereocenters. The molecule has 3 aromatic carbocycles. The number of aromatic nitrogens is 1. The lowest BCUT2D eigenvalue weighted by Gasteiger charge is -2.13. The van der Waals surface area contributed by atoms with Gasteiger partial charge in [0.2, 0.25) is 0 Å². The molecule has 1 heterocycles. The Morgan fingerprint density at radius 3 is 2.41 bits per heavy atom. The molecule has 0 aliphatic heterocycles. The van der Waals surface area contributed by atoms with E-state index < -0.39 is 6.03 Å². The molecule has 3 amide bonds. The summed E-state index contributed by atoms with van der Waals surface area (Å²) >= 11 is 0. The van der Waals surface area contributed by atoms with Crippen LogP contribution in [0.15, 0.2) is 78.9 Å². The third-order valence-corrected chi connectivity index (χ3v) is 5.98. The number of hydrogen-bond acceptors (Lipinski definition) is 3. The van der Waals surface area contributed by atoms with Crippen molar-refractivity contribution in [2.75, 3.05) is 5.32 Å². The monoisotopic (exact) mass is 448 g/mol. The maximum Gasteiger partial charge on any atom is 0.316 e. The number of anilines is 1. The summed E-state index contributed by atoms with van der Waals surface area (Å²) in [5, 5.41) is 6.46. The van der Waals surface area contributed by atoms with Crippen molar-refractivity contribution in [3.8, 4) is 0 Å². The van der Waals surface area contributed by atoms with Crippen LogP contribution in [0.5, 0.6) is 0 Å². The second kappa shape index (κ2) is 9.19. The second-order valence-corrected chi connectivity index (χ2v) is 8.28. The van der Waals surface area contributed by atoms with Crippen LogP contribution in [0.25, 0.3) is 22.6 Å². The van der Waals surface area contributed by atoms with Gasteiger partial charge in [0, 0.05) is 17.6 Å². The summed E-state index contributed by atoms with van der Waals surface area (Å²) in [6.07, 6.45) is 3.79. The van der Waals surface area contributed by atoms with E-state index in [1.807, 2.05) is 54.6 Å². The number of nitrogens with two attached hydrogens (primary N) is 1. The van der Waals surface area contributed by atoms with Gasteiger partial charge in [0.25, 0.3) is 5.91 Å². The number of fused-ring (bicyclic) bond motifs is 2. The van der Waals surface area contributed by atoms with Gasteiger partial charge in [-0.2, -0.15) is 0 Å². The highest BCUT2D eigenvalue weighted by molar-refractivity contribution is 6.09. The molecule has 1 aliphatic rings. The van der Waals surface area contributed by atoms with Crippen molar-refractivity contribution in [2.24, 2.45) is 5.73 Å². The standard InChI is InChI=1S/C28H24N4O2/c29-28(34)31-21-13-10-19(11-14-21)17-30-27(33)25-22-8-4-5-9-24(22)32-26-20(12-15-23(25)26)16-18-6-2-1-3-7-18/h1-11,13-14,16H,12,15,17H2,(H,30,33)(H3,29,31,34)/b20-16+. The number of para-hydroxylation sites is 1. The smallest absolute Gasteiger partial charge is 0.316 e. The molecule has 6 nitrogen and oxygen atoms in total. The normalized spacial score (nSPS) is 13.6. The number of nitrogens with zero attached hydrogens (tertiary/aromatic N) is 1. The summed E-state index contributed by atoms with van der Waals surface area (Å²) in [5.74, 6) is -0.116. The van der Waals surface area contributed by atoms with Crippen LogP contribution < -0.4 is 16.4 Å². The van der Waals surface area contributed by atoms with Crippen LogP contribution in [-0.4, -0.2) is 16.9 Å². The van der Waals surface area contributed by atoms with Crippen LogP contribution in [0.4, 0.5) is 10.5 Å². The van der Waals surface area contributed by atoms with Gasteiger partial charge in [0.1, 0.15) is 0 Å². The third-order valence-electron chi connectivity index (χ3n) is 5.98. The van der Waals surface area contributed by atoms with E-state index in [1.54, 1.807) is 12.1 Å². The lowest BCUT2D eigenvalue weighted by Crippen LogP contribution is -2.24. The molecule has 0 radical (unpaired) electrons. The number of urea groups is 1. The van der Waals surface area contributed by atoms with Crippen LogP contribution in [0.2, 0.25) is 0 Å². The lowest BCUT2D eigenvalue weighted by molar-refractivity contribution is 0.0951. The molecular weight excluding hydrogens is 424 g/mol. The summed E-state index contributed by atoms with van der Waals surface area (Å²) < 4.78 is 0. The van der Waals surface area contributed by atoms with Crippen LogP contribution in [0, 0.1) is 0 Å². The van der Waals surface area contributed by atoms with Crippen molar-refractivity contribution in [1.82, 2.24) is 10.3 Å². The van der Waals surface area contributed by atoms with E-state index in [2.05, 4.69) is 28.8 Å². The van der Waals surface area contributed by atoms with Gasteiger partial charge in [-0.1, -0.05) is 60.7 Å². The summed E-state index contributed by atoms with van der Waals surface area (Å²) in [6.45, 7) is 0.369. The molecule has 1 aromatic heterocycles. The number of amides is 3. The Hall–Kier alpha value is -4.45. The average Bonchev–Trinajstić information content (AvgIpc) is 3.24. The fourth-order valence-electron chi connectivity index (χ4n) is 4.41. The number of benzene rings is 3. The minimum atomic E-state index is -0.611. The van der Waals surface area contributed by atoms with E-state index in [4.69, 9.17) is 10.7 Å². The first-order chi connectivity index (χ1) is 16.6. The Labute approximate surface area is 197 Å². The molecule has 0 spiro atoms. The van der Waals surface area contributed by atoms with E-state index in [9.17, 15) is 9.59 Å². The van der Waals surface area contributed by atoms with E-state index in [0.29, 0.717) is 17.8 Å². The first-order valence-corrected chi connectivity index (χ1v) is 11.2. The number of pyridine rings is 1. The molecule has 1 aliphatic carbocycles. The number of nitrogens with one attached hydrogen (secondary N) is 2. The molecule has 34 heavy (non-hydrogen) atoms. The van der Waals surface area contributed by atoms with Crippen LogP contribution in [-0.2, 0) is 13.0 Å². The van der Waals surface area contributed by atoms with Gasteiger partial charge >= 0.3 is 6.03 Å². The Kier molecular flexibility index (Phi) is 5.79. The molecule has 0 saturated heterocycles. The van der Waals surface area contributed by atoms with Crippen molar-refractivity contribution >= 4 is 40.2 Å². The zero-order valence-electron chi connectivity index (χ0n) is 18.5. The highest BCUT2D eigenvalue weighted by atomic mass is 16.2. The third kappa shape index (κ3) is 4.38. The highest BCUT2D eigenvalue weighted by Gasteiger charge is 2.26. The van der Waals surface area contributed by atoms with Gasteiger partial charge in [-0.3, -0.25) is 4.79 Å². The number of allylic oxidation sites excluding steroid dienone is 1. The lowest BCUT2D eigenvalue weighted by atomic mass is 9.99. The summed E-state index contributed by atoms with van der Waals surface area (Å²) in [5.41, 5.74) is 12.4. The number of carbonyl (C=O) groups excluding carboxylic acids is 2. The van der Waals surface area contributed by atoms with Crippen molar-refractivity contribution in [1.29, 1.82) is 0 Å². The summed E-state index contributed by atoms with van der Waals surface area (Å²) in [7, 11) is 0. The molecule has 0 fully saturated rings. The molecular formula is C28H24N4O2. The molecule has 4 N–H and O–H groups in total. The van der Waals surface area contributed by atoms with Crippen LogP contribution in [0.1, 0.15) is 39.2 Å². The van der Waals surface area contributed by atoms with Crippen LogP contribution in [0.3, 0.4) is 0 Å². The minimum Gasteiger partial charge on any atom is -0.351 e. The van der Waals surface area contributed by atoms with E-state index >= 15 is 0 Å². The number of rotatable bonds is 5. The molecule has 0 saturated carbocycles. The van der Waals surface area contributed by atoms with Gasteiger partial charge in [0.05, 0.1) is 16.8 Å². The zero-order valence-corrected chi connectivity index (χ0v) is 18.5. The molecule has 0 unspecified atom stereocenters. The van der Waals surface area contributed by atoms with E-state index in [1.165, 1.54) is 0 Å². The summed E-state index contributed by atoms with van der Waals surface area (Å²) in [6, 6.07) is 24.6. The van der Waals surface area contributed by atoms with Crippen molar-refractivity contribution in [2.45, 2.75) is 19.4 Å². The van der Waals surface area contributed by atoms with Gasteiger partial charge < -0.3 is 16.4 Å². The predicted octanol–water partition coefficient (Wildman–Crippen LogP) is 5.14. The van der Waals surface area contributed by atoms with Gasteiger partial charge in [0.15, 0.2) is 0 Å². The number of carbonyl (C=O) groups is 2. The molecule has 0 bridgehead atoms. The minimum absolute atomic E-state index is 0.116. The number of hydrogen-bond donors (Lipinski definition) is 3. The maximum atomic E-state index is 13.4. The quantitative estimate of drug-likeness (QED) is 0.394. The first-order valence-electron chi connectivity index (χ1n) is 11.2. The average molecular weight is 449 g/mol. The Morgan fingerprint density at radius 1 is 0.912 bits per heavy atom. The molecule has 4 aromatic rings. The predicted molar refractivity (Wildman–Crippen MR) is 135 cm³/mol. The maximum absolute atomic E-state index is 13.4. The van der Waals surface area contributed by atoms with Gasteiger partial charge in [-0.15, -0.1) is 0 Å². The Morgan fingerprint density at radius 2 is 1.65 bits per heavy atom. The molecule has 168 valence electrons. The fourth-order valence-corrected chi connectivity index (χ4v) is 4.41. The SMILES string of the molecule is NC(=O)Nc1ccc(CNC(=O)c2c3c(nc4ccccc24)/C(=C/c2ccccc2)CC3)cc1. The van der Waals surface area contributed by atoms with E-state index in [-0.39, 0.29) is 5.91 Å². The Balaban J connectivity index is 1.45. The zero-order chi connectivity index (χ0) is 23.5. The first kappa shape index (κ1) is 21.4.